The maximum atomic E-state index is 13.0. The summed E-state index contributed by atoms with van der Waals surface area (Å²) in [6, 6.07) is 13.1. The van der Waals surface area contributed by atoms with E-state index in [0.717, 1.165) is 5.56 Å². The van der Waals surface area contributed by atoms with Gasteiger partial charge in [0.25, 0.3) is 11.7 Å². The van der Waals surface area contributed by atoms with Gasteiger partial charge in [-0.3, -0.25) is 19.6 Å². The van der Waals surface area contributed by atoms with E-state index in [1.54, 1.807) is 60.9 Å². The monoisotopic (exact) mass is 401 g/mol. The molecule has 1 amide bonds. The minimum Gasteiger partial charge on any atom is -0.507 e. The first kappa shape index (κ1) is 19.3. The highest BCUT2D eigenvalue weighted by Gasteiger charge is 2.47. The fourth-order valence-corrected chi connectivity index (χ4v) is 3.61. The van der Waals surface area contributed by atoms with Crippen LogP contribution in [0.4, 0.5) is 0 Å². The van der Waals surface area contributed by atoms with Crippen LogP contribution < -0.4 is 4.74 Å². The standard InChI is InChI=1S/C23H19N3O4/c1-30-18-5-3-2-4-17(18)20-19(21(27)16-8-12-25-13-9-16)22(28)23(29)26(20)14-15-6-10-24-11-7-15/h2-13,20,27H,14H2,1H3/b21-19-. The second-order valence-electron chi connectivity index (χ2n) is 6.76. The molecule has 7 heteroatoms. The van der Waals surface area contributed by atoms with E-state index in [2.05, 4.69) is 9.97 Å². The number of Topliss-reactive ketones (excluding diaryl/α,β-unsaturated/α-hetero) is 1. The third kappa shape index (κ3) is 3.41. The average molecular weight is 401 g/mol. The van der Waals surface area contributed by atoms with Crippen LogP contribution in [0.2, 0.25) is 0 Å². The summed E-state index contributed by atoms with van der Waals surface area (Å²) in [7, 11) is 1.52. The first-order valence-corrected chi connectivity index (χ1v) is 9.32. The fraction of sp³-hybridized carbons (Fsp3) is 0.130. The lowest BCUT2D eigenvalue weighted by molar-refractivity contribution is -0.140. The number of ketones is 1. The molecule has 1 saturated heterocycles. The van der Waals surface area contributed by atoms with Crippen molar-refractivity contribution in [1.29, 1.82) is 0 Å². The van der Waals surface area contributed by atoms with Crippen LogP contribution in [-0.2, 0) is 16.1 Å². The van der Waals surface area contributed by atoms with Gasteiger partial charge in [-0.25, -0.2) is 0 Å². The van der Waals surface area contributed by atoms with Crippen molar-refractivity contribution in [3.05, 3.63) is 95.6 Å². The molecular formula is C23H19N3O4. The zero-order chi connectivity index (χ0) is 21.1. The molecule has 0 spiro atoms. The second kappa shape index (κ2) is 8.16. The molecule has 1 aliphatic rings. The number of hydrogen-bond acceptors (Lipinski definition) is 6. The van der Waals surface area contributed by atoms with Crippen molar-refractivity contribution < 1.29 is 19.4 Å². The van der Waals surface area contributed by atoms with Gasteiger partial charge in [-0.1, -0.05) is 18.2 Å². The molecule has 2 aromatic heterocycles. The molecule has 1 aliphatic heterocycles. The Labute approximate surface area is 173 Å². The molecule has 1 atom stereocenters. The van der Waals surface area contributed by atoms with Gasteiger partial charge in [0.1, 0.15) is 11.5 Å². The van der Waals surface area contributed by atoms with E-state index in [1.165, 1.54) is 24.4 Å². The predicted molar refractivity (Wildman–Crippen MR) is 109 cm³/mol. The van der Waals surface area contributed by atoms with Crippen LogP contribution in [0.5, 0.6) is 5.75 Å². The maximum absolute atomic E-state index is 13.0. The third-order valence-corrected chi connectivity index (χ3v) is 5.03. The molecule has 4 rings (SSSR count). The second-order valence-corrected chi connectivity index (χ2v) is 6.76. The number of aromatic nitrogens is 2. The lowest BCUT2D eigenvalue weighted by Crippen LogP contribution is -2.29. The van der Waals surface area contributed by atoms with Crippen molar-refractivity contribution >= 4 is 17.4 Å². The lowest BCUT2D eigenvalue weighted by Gasteiger charge is -2.26. The molecule has 30 heavy (non-hydrogen) atoms. The molecule has 3 aromatic rings. The molecule has 1 fully saturated rings. The molecule has 1 unspecified atom stereocenters. The summed E-state index contributed by atoms with van der Waals surface area (Å²) in [6.07, 6.45) is 6.28. The van der Waals surface area contributed by atoms with E-state index in [-0.39, 0.29) is 17.9 Å². The number of aliphatic hydroxyl groups is 1. The van der Waals surface area contributed by atoms with Crippen molar-refractivity contribution in [1.82, 2.24) is 14.9 Å². The molecule has 7 nitrogen and oxygen atoms in total. The quantitative estimate of drug-likeness (QED) is 0.401. The van der Waals surface area contributed by atoms with Gasteiger partial charge in [-0.15, -0.1) is 0 Å². The smallest absolute Gasteiger partial charge is 0.295 e. The van der Waals surface area contributed by atoms with E-state index in [0.29, 0.717) is 16.9 Å². The summed E-state index contributed by atoms with van der Waals surface area (Å²) < 4.78 is 5.49. The van der Waals surface area contributed by atoms with E-state index in [9.17, 15) is 14.7 Å². The SMILES string of the molecule is COc1ccccc1C1/C(=C(/O)c2ccncc2)C(=O)C(=O)N1Cc1ccncc1. The zero-order valence-electron chi connectivity index (χ0n) is 16.2. The number of likely N-dealkylation sites (tertiary alicyclic amines) is 1. The Morgan fingerprint density at radius 2 is 1.63 bits per heavy atom. The van der Waals surface area contributed by atoms with Crippen molar-refractivity contribution in [2.75, 3.05) is 7.11 Å². The van der Waals surface area contributed by atoms with E-state index in [1.807, 2.05) is 0 Å². The number of carbonyl (C=O) groups excluding carboxylic acids is 2. The maximum Gasteiger partial charge on any atom is 0.295 e. The summed E-state index contributed by atoms with van der Waals surface area (Å²) in [4.78, 5) is 35.4. The summed E-state index contributed by atoms with van der Waals surface area (Å²) in [5.41, 5.74) is 1.86. The van der Waals surface area contributed by atoms with Gasteiger partial charge in [0.05, 0.1) is 18.7 Å². The summed E-state index contributed by atoms with van der Waals surface area (Å²) in [5.74, 6) is -1.15. The number of amides is 1. The highest BCUT2D eigenvalue weighted by Crippen LogP contribution is 2.43. The van der Waals surface area contributed by atoms with Gasteiger partial charge in [0.2, 0.25) is 0 Å². The van der Waals surface area contributed by atoms with Gasteiger partial charge < -0.3 is 14.7 Å². The molecule has 0 radical (unpaired) electrons. The van der Waals surface area contributed by atoms with Crippen LogP contribution in [0.15, 0.2) is 78.9 Å². The Hall–Kier alpha value is -4.00. The Balaban J connectivity index is 1.90. The van der Waals surface area contributed by atoms with Gasteiger partial charge in [0.15, 0.2) is 0 Å². The van der Waals surface area contributed by atoms with Gasteiger partial charge in [-0.2, -0.15) is 0 Å². The van der Waals surface area contributed by atoms with Crippen molar-refractivity contribution in [3.8, 4) is 5.75 Å². The minimum atomic E-state index is -0.803. The number of para-hydroxylation sites is 1. The number of pyridine rings is 2. The van der Waals surface area contributed by atoms with Crippen molar-refractivity contribution in [2.24, 2.45) is 0 Å². The van der Waals surface area contributed by atoms with Crippen LogP contribution >= 0.6 is 0 Å². The zero-order valence-corrected chi connectivity index (χ0v) is 16.2. The first-order chi connectivity index (χ1) is 14.6. The van der Waals surface area contributed by atoms with Gasteiger partial charge in [-0.05, 0) is 35.9 Å². The molecule has 1 aromatic carbocycles. The first-order valence-electron chi connectivity index (χ1n) is 9.32. The number of methoxy groups -OCH3 is 1. The van der Waals surface area contributed by atoms with Crippen LogP contribution in [0.25, 0.3) is 5.76 Å². The Bertz CT molecular complexity index is 1110. The van der Waals surface area contributed by atoms with Gasteiger partial charge >= 0.3 is 0 Å². The predicted octanol–water partition coefficient (Wildman–Crippen LogP) is 3.11. The Kier molecular flexibility index (Phi) is 5.26. The van der Waals surface area contributed by atoms with Gasteiger partial charge in [0, 0.05) is 42.5 Å². The third-order valence-electron chi connectivity index (χ3n) is 5.03. The summed E-state index contributed by atoms with van der Waals surface area (Å²) >= 11 is 0. The molecular weight excluding hydrogens is 382 g/mol. The Morgan fingerprint density at radius 1 is 1.00 bits per heavy atom. The average Bonchev–Trinajstić information content (AvgIpc) is 3.04. The number of ether oxygens (including phenoxy) is 1. The Morgan fingerprint density at radius 3 is 2.30 bits per heavy atom. The highest BCUT2D eigenvalue weighted by molar-refractivity contribution is 6.46. The molecule has 3 heterocycles. The lowest BCUT2D eigenvalue weighted by atomic mass is 9.94. The molecule has 150 valence electrons. The minimum absolute atomic E-state index is 0.0183. The molecule has 1 N–H and O–H groups in total. The largest absolute Gasteiger partial charge is 0.507 e. The van der Waals surface area contributed by atoms with Crippen LogP contribution in [0.1, 0.15) is 22.7 Å². The topological polar surface area (TPSA) is 92.6 Å². The van der Waals surface area contributed by atoms with Crippen molar-refractivity contribution in [3.63, 3.8) is 0 Å². The normalized spacial score (nSPS) is 17.9. The van der Waals surface area contributed by atoms with E-state index >= 15 is 0 Å². The summed E-state index contributed by atoms with van der Waals surface area (Å²) in [6.45, 7) is 0.183. The number of rotatable bonds is 5. The van der Waals surface area contributed by atoms with Crippen molar-refractivity contribution in [2.45, 2.75) is 12.6 Å². The molecule has 0 bridgehead atoms. The number of hydrogen-bond donors (Lipinski definition) is 1. The number of benzene rings is 1. The molecule has 0 aliphatic carbocycles. The number of carbonyl (C=O) groups is 2. The van der Waals surface area contributed by atoms with Crippen LogP contribution in [0.3, 0.4) is 0 Å². The molecule has 0 saturated carbocycles. The fourth-order valence-electron chi connectivity index (χ4n) is 3.61. The number of nitrogens with zero attached hydrogens (tertiary/aromatic N) is 3. The van der Waals surface area contributed by atoms with E-state index in [4.69, 9.17) is 4.74 Å². The van der Waals surface area contributed by atoms with Crippen LogP contribution in [0, 0.1) is 0 Å². The van der Waals surface area contributed by atoms with Crippen LogP contribution in [-0.4, -0.2) is 38.8 Å². The summed E-state index contributed by atoms with van der Waals surface area (Å²) in [5, 5.41) is 11.0. The van der Waals surface area contributed by atoms with E-state index < -0.39 is 17.7 Å². The highest BCUT2D eigenvalue weighted by atomic mass is 16.5. The number of aliphatic hydroxyl groups excluding tert-OH is 1.